The van der Waals surface area contributed by atoms with Crippen LogP contribution >= 0.6 is 0 Å². The number of hydrogen-bond acceptors (Lipinski definition) is 6. The second-order valence-corrected chi connectivity index (χ2v) is 11.2. The fraction of sp³-hybridized carbons (Fsp3) is 0.188. The van der Waals surface area contributed by atoms with Gasteiger partial charge in [0.15, 0.2) is 6.61 Å². The number of halogens is 1. The third kappa shape index (κ3) is 8.87. The molecule has 2 N–H and O–H groups in total. The minimum Gasteiger partial charge on any atom is -0.484 e. The lowest BCUT2D eigenvalue weighted by Gasteiger charge is -2.31. The minimum atomic E-state index is -3.94. The molecule has 0 spiro atoms. The number of carbonyl (C=O) groups excluding carboxylic acids is 2. The lowest BCUT2D eigenvalue weighted by Crippen LogP contribution is -2.45. The fourth-order valence-electron chi connectivity index (χ4n) is 4.26. The summed E-state index contributed by atoms with van der Waals surface area (Å²) in [5.41, 5.74) is 1.67. The molecule has 0 saturated carbocycles. The number of carbonyl (C=O) groups is 2. The second kappa shape index (κ2) is 14.9. The lowest BCUT2D eigenvalue weighted by atomic mass is 10.0. The molecule has 0 aromatic heterocycles. The second-order valence-electron chi connectivity index (χ2n) is 9.48. The van der Waals surface area contributed by atoms with Crippen LogP contribution in [0.25, 0.3) is 0 Å². The molecule has 0 bridgehead atoms. The highest BCUT2D eigenvalue weighted by atomic mass is 32.2. The number of rotatable bonds is 14. The predicted octanol–water partition coefficient (Wildman–Crippen LogP) is 4.54. The van der Waals surface area contributed by atoms with Crippen molar-refractivity contribution in [3.63, 3.8) is 0 Å². The van der Waals surface area contributed by atoms with Gasteiger partial charge in [0.2, 0.25) is 5.91 Å². The number of hydrogen-bond donors (Lipinski definition) is 2. The van der Waals surface area contributed by atoms with Gasteiger partial charge in [0.25, 0.3) is 15.9 Å². The summed E-state index contributed by atoms with van der Waals surface area (Å²) in [4.78, 5) is 28.5. The van der Waals surface area contributed by atoms with E-state index in [1.807, 2.05) is 36.4 Å². The summed E-state index contributed by atoms with van der Waals surface area (Å²) in [7, 11) is -2.40. The van der Waals surface area contributed by atoms with Gasteiger partial charge in [0, 0.05) is 25.9 Å². The predicted molar refractivity (Wildman–Crippen MR) is 160 cm³/mol. The monoisotopic (exact) mass is 605 g/mol. The maximum Gasteiger partial charge on any atom is 0.261 e. The molecule has 9 nitrogen and oxygen atoms in total. The van der Waals surface area contributed by atoms with E-state index in [9.17, 15) is 22.4 Å². The van der Waals surface area contributed by atoms with Crippen molar-refractivity contribution >= 4 is 27.5 Å². The standard InChI is InChI=1S/C32H32FN3O6S/c1-41-21-20-34-32(38)31(25-10-6-3-7-11-25)36(22-24-8-4-2-5-9-24)30(37)23-42-28-16-18-29(19-17-28)43(39,40)35-27-14-12-26(33)13-15-27/h2-19,31,35H,20-23H2,1H3,(H,34,38). The number of nitrogens with zero attached hydrogens (tertiary/aromatic N) is 1. The molecule has 4 rings (SSSR count). The number of methoxy groups -OCH3 is 1. The third-order valence-electron chi connectivity index (χ3n) is 6.39. The largest absolute Gasteiger partial charge is 0.484 e. The molecular formula is C32H32FN3O6S. The summed E-state index contributed by atoms with van der Waals surface area (Å²) >= 11 is 0. The highest BCUT2D eigenvalue weighted by molar-refractivity contribution is 7.92. The zero-order valence-corrected chi connectivity index (χ0v) is 24.3. The first-order valence-electron chi connectivity index (χ1n) is 13.4. The number of benzene rings is 4. The van der Waals surface area contributed by atoms with E-state index in [1.165, 1.54) is 48.4 Å². The molecule has 0 saturated heterocycles. The van der Waals surface area contributed by atoms with Crippen LogP contribution in [-0.4, -0.2) is 52.0 Å². The van der Waals surface area contributed by atoms with Gasteiger partial charge in [-0.2, -0.15) is 0 Å². The Morgan fingerprint density at radius 1 is 0.860 bits per heavy atom. The Labute approximate surface area is 250 Å². The van der Waals surface area contributed by atoms with Crippen LogP contribution in [0.5, 0.6) is 5.75 Å². The molecule has 224 valence electrons. The summed E-state index contributed by atoms with van der Waals surface area (Å²) in [6, 6.07) is 27.8. The summed E-state index contributed by atoms with van der Waals surface area (Å²) in [5, 5.41) is 2.84. The van der Waals surface area contributed by atoms with Gasteiger partial charge in [-0.25, -0.2) is 12.8 Å². The van der Waals surface area contributed by atoms with E-state index in [1.54, 1.807) is 24.3 Å². The zero-order chi connectivity index (χ0) is 30.7. The molecule has 1 atom stereocenters. The van der Waals surface area contributed by atoms with Crippen molar-refractivity contribution in [2.24, 2.45) is 0 Å². The number of ether oxygens (including phenoxy) is 2. The van der Waals surface area contributed by atoms with Crippen molar-refractivity contribution in [1.82, 2.24) is 10.2 Å². The van der Waals surface area contributed by atoms with E-state index in [-0.39, 0.29) is 35.3 Å². The smallest absolute Gasteiger partial charge is 0.261 e. The average molecular weight is 606 g/mol. The Morgan fingerprint density at radius 2 is 1.49 bits per heavy atom. The van der Waals surface area contributed by atoms with Crippen LogP contribution in [0.15, 0.2) is 114 Å². The molecule has 1 unspecified atom stereocenters. The van der Waals surface area contributed by atoms with E-state index in [0.29, 0.717) is 12.2 Å². The summed E-state index contributed by atoms with van der Waals surface area (Å²) in [6.07, 6.45) is 0. The lowest BCUT2D eigenvalue weighted by molar-refractivity contribution is -0.143. The Bertz CT molecular complexity index is 1590. The first-order valence-corrected chi connectivity index (χ1v) is 14.9. The molecule has 11 heteroatoms. The van der Waals surface area contributed by atoms with Crippen molar-refractivity contribution < 1.29 is 31.9 Å². The quantitative estimate of drug-likeness (QED) is 0.204. The average Bonchev–Trinajstić information content (AvgIpc) is 3.02. The van der Waals surface area contributed by atoms with Crippen molar-refractivity contribution in [2.75, 3.05) is 31.6 Å². The van der Waals surface area contributed by atoms with Crippen molar-refractivity contribution in [2.45, 2.75) is 17.5 Å². The highest BCUT2D eigenvalue weighted by Crippen LogP contribution is 2.25. The minimum absolute atomic E-state index is 0.0434. The molecule has 0 aliphatic heterocycles. The van der Waals surface area contributed by atoms with Crippen LogP contribution < -0.4 is 14.8 Å². The number of sulfonamides is 1. The Hall–Kier alpha value is -4.74. The molecule has 0 fully saturated rings. The first kappa shape index (κ1) is 31.2. The topological polar surface area (TPSA) is 114 Å². The first-order chi connectivity index (χ1) is 20.8. The number of anilines is 1. The van der Waals surface area contributed by atoms with Gasteiger partial charge in [0.1, 0.15) is 17.6 Å². The van der Waals surface area contributed by atoms with Gasteiger partial charge < -0.3 is 19.7 Å². The highest BCUT2D eigenvalue weighted by Gasteiger charge is 2.31. The van der Waals surface area contributed by atoms with Crippen LogP contribution in [0.3, 0.4) is 0 Å². The van der Waals surface area contributed by atoms with Crippen LogP contribution in [0.4, 0.5) is 10.1 Å². The molecule has 0 aliphatic carbocycles. The van der Waals surface area contributed by atoms with Crippen molar-refractivity contribution in [3.8, 4) is 5.75 Å². The molecular weight excluding hydrogens is 573 g/mol. The molecule has 2 amide bonds. The number of nitrogens with one attached hydrogen (secondary N) is 2. The molecule has 0 aliphatic rings. The van der Waals surface area contributed by atoms with Crippen LogP contribution in [0, 0.1) is 5.82 Å². The maximum atomic E-state index is 13.7. The fourth-order valence-corrected chi connectivity index (χ4v) is 5.32. The van der Waals surface area contributed by atoms with Gasteiger partial charge in [-0.3, -0.25) is 14.3 Å². The van der Waals surface area contributed by atoms with E-state index < -0.39 is 34.4 Å². The Morgan fingerprint density at radius 3 is 2.12 bits per heavy atom. The molecule has 0 heterocycles. The van der Waals surface area contributed by atoms with Gasteiger partial charge in [-0.05, 0) is 59.7 Å². The Kier molecular flexibility index (Phi) is 10.8. The molecule has 0 radical (unpaired) electrons. The van der Waals surface area contributed by atoms with E-state index in [4.69, 9.17) is 9.47 Å². The summed E-state index contributed by atoms with van der Waals surface area (Å²) < 4.78 is 51.8. The number of amides is 2. The maximum absolute atomic E-state index is 13.7. The van der Waals surface area contributed by atoms with Gasteiger partial charge in [0.05, 0.1) is 11.5 Å². The molecule has 4 aromatic rings. The molecule has 4 aromatic carbocycles. The van der Waals surface area contributed by atoms with Crippen molar-refractivity contribution in [1.29, 1.82) is 0 Å². The SMILES string of the molecule is COCCNC(=O)C(c1ccccc1)N(Cc1ccccc1)C(=O)COc1ccc(S(=O)(=O)Nc2ccc(F)cc2)cc1. The van der Waals surface area contributed by atoms with E-state index in [0.717, 1.165) is 17.7 Å². The van der Waals surface area contributed by atoms with Crippen LogP contribution in [0.2, 0.25) is 0 Å². The van der Waals surface area contributed by atoms with Gasteiger partial charge >= 0.3 is 0 Å². The van der Waals surface area contributed by atoms with E-state index in [2.05, 4.69) is 10.0 Å². The van der Waals surface area contributed by atoms with Gasteiger partial charge in [-0.1, -0.05) is 60.7 Å². The van der Waals surface area contributed by atoms with Crippen molar-refractivity contribution in [3.05, 3.63) is 126 Å². The zero-order valence-electron chi connectivity index (χ0n) is 23.5. The van der Waals surface area contributed by atoms with Gasteiger partial charge in [-0.15, -0.1) is 0 Å². The van der Waals surface area contributed by atoms with Crippen LogP contribution in [0.1, 0.15) is 17.2 Å². The molecule has 43 heavy (non-hydrogen) atoms. The Balaban J connectivity index is 1.52. The summed E-state index contributed by atoms with van der Waals surface area (Å²) in [6.45, 7) is 0.329. The third-order valence-corrected chi connectivity index (χ3v) is 7.79. The summed E-state index contributed by atoms with van der Waals surface area (Å²) in [5.74, 6) is -1.04. The normalized spacial score (nSPS) is 11.8. The van der Waals surface area contributed by atoms with E-state index >= 15 is 0 Å². The van der Waals surface area contributed by atoms with Crippen LogP contribution in [-0.2, 0) is 30.9 Å².